The van der Waals surface area contributed by atoms with Crippen molar-refractivity contribution in [3.05, 3.63) is 42.2 Å². The molecular weight excluding hydrogens is 209 g/mol. The van der Waals surface area contributed by atoms with Crippen LogP contribution in [0.5, 0.6) is 0 Å². The average Bonchev–Trinajstić information content (AvgIpc) is 2.26. The number of carbonyl (C=O) groups is 1. The SMILES string of the molecule is C=C(CN(CC)c1ccc(F)cc1)C(=O)O. The standard InChI is InChI=1S/C12H14FNO2/c1-3-14(8-9(2)12(15)16)11-6-4-10(13)5-7-11/h4-7H,2-3,8H2,1H3,(H,15,16). The molecule has 0 atom stereocenters. The molecule has 0 spiro atoms. The van der Waals surface area contributed by atoms with E-state index in [0.29, 0.717) is 6.54 Å². The van der Waals surface area contributed by atoms with Gasteiger partial charge >= 0.3 is 5.97 Å². The van der Waals surface area contributed by atoms with Crippen LogP contribution in [0.1, 0.15) is 6.92 Å². The maximum atomic E-state index is 12.7. The zero-order valence-corrected chi connectivity index (χ0v) is 9.11. The Morgan fingerprint density at radius 1 is 1.44 bits per heavy atom. The minimum atomic E-state index is -1.01. The summed E-state index contributed by atoms with van der Waals surface area (Å²) in [6.07, 6.45) is 0. The molecule has 0 aliphatic heterocycles. The van der Waals surface area contributed by atoms with E-state index >= 15 is 0 Å². The number of benzene rings is 1. The monoisotopic (exact) mass is 223 g/mol. The minimum Gasteiger partial charge on any atom is -0.478 e. The number of rotatable bonds is 5. The number of nitrogens with zero attached hydrogens (tertiary/aromatic N) is 1. The largest absolute Gasteiger partial charge is 0.478 e. The zero-order chi connectivity index (χ0) is 12.1. The predicted molar refractivity (Wildman–Crippen MR) is 61.1 cm³/mol. The van der Waals surface area contributed by atoms with Gasteiger partial charge in [0.25, 0.3) is 0 Å². The lowest BCUT2D eigenvalue weighted by atomic mass is 10.2. The van der Waals surface area contributed by atoms with Crippen molar-refractivity contribution in [3.8, 4) is 0 Å². The second-order valence-corrected chi connectivity index (χ2v) is 3.40. The third-order valence-corrected chi connectivity index (χ3v) is 2.26. The molecule has 1 rings (SSSR count). The lowest BCUT2D eigenvalue weighted by Crippen LogP contribution is -2.27. The van der Waals surface area contributed by atoms with Gasteiger partial charge in [-0.15, -0.1) is 0 Å². The molecule has 0 saturated heterocycles. The first-order chi connectivity index (χ1) is 7.54. The van der Waals surface area contributed by atoms with Crippen LogP contribution in [0, 0.1) is 5.82 Å². The van der Waals surface area contributed by atoms with E-state index in [9.17, 15) is 9.18 Å². The van der Waals surface area contributed by atoms with Crippen LogP contribution in [0.3, 0.4) is 0 Å². The molecule has 0 aliphatic rings. The van der Waals surface area contributed by atoms with Crippen molar-refractivity contribution >= 4 is 11.7 Å². The number of aliphatic carboxylic acids is 1. The van der Waals surface area contributed by atoms with Crippen LogP contribution in [0.2, 0.25) is 0 Å². The average molecular weight is 223 g/mol. The Bertz CT molecular complexity index is 387. The van der Waals surface area contributed by atoms with Crippen LogP contribution >= 0.6 is 0 Å². The third-order valence-electron chi connectivity index (χ3n) is 2.26. The summed E-state index contributed by atoms with van der Waals surface area (Å²) in [4.78, 5) is 12.5. The number of hydrogen-bond acceptors (Lipinski definition) is 2. The van der Waals surface area contributed by atoms with E-state index in [1.54, 1.807) is 12.1 Å². The molecule has 0 heterocycles. The van der Waals surface area contributed by atoms with Gasteiger partial charge < -0.3 is 10.0 Å². The van der Waals surface area contributed by atoms with Crippen LogP contribution in [-0.2, 0) is 4.79 Å². The summed E-state index contributed by atoms with van der Waals surface area (Å²) in [6.45, 7) is 6.24. The van der Waals surface area contributed by atoms with Crippen molar-refractivity contribution in [2.45, 2.75) is 6.92 Å². The Morgan fingerprint density at radius 2 is 2.00 bits per heavy atom. The van der Waals surface area contributed by atoms with E-state index in [1.165, 1.54) is 12.1 Å². The highest BCUT2D eigenvalue weighted by molar-refractivity contribution is 5.87. The number of carboxylic acid groups (broad SMARTS) is 1. The molecule has 0 unspecified atom stereocenters. The van der Waals surface area contributed by atoms with E-state index in [0.717, 1.165) is 5.69 Å². The molecule has 3 nitrogen and oxygen atoms in total. The smallest absolute Gasteiger partial charge is 0.332 e. The Labute approximate surface area is 93.8 Å². The van der Waals surface area contributed by atoms with Crippen molar-refractivity contribution in [1.82, 2.24) is 0 Å². The molecular formula is C12H14FNO2. The zero-order valence-electron chi connectivity index (χ0n) is 9.11. The molecule has 0 radical (unpaired) electrons. The number of carboxylic acids is 1. The van der Waals surface area contributed by atoms with Gasteiger partial charge in [-0.2, -0.15) is 0 Å². The first kappa shape index (κ1) is 12.2. The van der Waals surface area contributed by atoms with E-state index in [-0.39, 0.29) is 17.9 Å². The summed E-state index contributed by atoms with van der Waals surface area (Å²) in [7, 11) is 0. The van der Waals surface area contributed by atoms with Crippen LogP contribution in [0.25, 0.3) is 0 Å². The van der Waals surface area contributed by atoms with E-state index < -0.39 is 5.97 Å². The maximum absolute atomic E-state index is 12.7. The van der Waals surface area contributed by atoms with Gasteiger partial charge in [0.15, 0.2) is 0 Å². The highest BCUT2D eigenvalue weighted by Gasteiger charge is 2.10. The Kier molecular flexibility index (Phi) is 4.05. The fraction of sp³-hybridized carbons (Fsp3) is 0.250. The maximum Gasteiger partial charge on any atom is 0.332 e. The van der Waals surface area contributed by atoms with Crippen molar-refractivity contribution in [1.29, 1.82) is 0 Å². The van der Waals surface area contributed by atoms with Crippen molar-refractivity contribution in [2.75, 3.05) is 18.0 Å². The first-order valence-corrected chi connectivity index (χ1v) is 4.96. The van der Waals surface area contributed by atoms with Gasteiger partial charge in [-0.25, -0.2) is 9.18 Å². The number of anilines is 1. The van der Waals surface area contributed by atoms with Gasteiger partial charge in [0.2, 0.25) is 0 Å². The fourth-order valence-corrected chi connectivity index (χ4v) is 1.34. The van der Waals surface area contributed by atoms with E-state index in [4.69, 9.17) is 5.11 Å². The van der Waals surface area contributed by atoms with Gasteiger partial charge in [0, 0.05) is 24.4 Å². The van der Waals surface area contributed by atoms with Crippen LogP contribution < -0.4 is 4.90 Å². The predicted octanol–water partition coefficient (Wildman–Crippen LogP) is 2.29. The molecule has 4 heteroatoms. The van der Waals surface area contributed by atoms with Crippen molar-refractivity contribution in [2.24, 2.45) is 0 Å². The molecule has 1 N–H and O–H groups in total. The highest BCUT2D eigenvalue weighted by Crippen LogP contribution is 2.15. The summed E-state index contributed by atoms with van der Waals surface area (Å²) in [5.41, 5.74) is 0.900. The molecule has 1 aromatic rings. The van der Waals surface area contributed by atoms with Gasteiger partial charge in [-0.05, 0) is 31.2 Å². The summed E-state index contributed by atoms with van der Waals surface area (Å²) in [5, 5.41) is 8.73. The summed E-state index contributed by atoms with van der Waals surface area (Å²) >= 11 is 0. The van der Waals surface area contributed by atoms with Crippen LogP contribution in [0.15, 0.2) is 36.4 Å². The third kappa shape index (κ3) is 3.08. The Morgan fingerprint density at radius 3 is 2.44 bits per heavy atom. The summed E-state index contributed by atoms with van der Waals surface area (Å²) in [6, 6.07) is 5.94. The highest BCUT2D eigenvalue weighted by atomic mass is 19.1. The molecule has 1 aromatic carbocycles. The second-order valence-electron chi connectivity index (χ2n) is 3.40. The van der Waals surface area contributed by atoms with Gasteiger partial charge in [-0.1, -0.05) is 6.58 Å². The van der Waals surface area contributed by atoms with Gasteiger partial charge in [0.1, 0.15) is 5.82 Å². The quantitative estimate of drug-likeness (QED) is 0.778. The summed E-state index contributed by atoms with van der Waals surface area (Å²) < 4.78 is 12.7. The van der Waals surface area contributed by atoms with Gasteiger partial charge in [-0.3, -0.25) is 0 Å². The van der Waals surface area contributed by atoms with Crippen LogP contribution in [-0.4, -0.2) is 24.2 Å². The topological polar surface area (TPSA) is 40.5 Å². The summed E-state index contributed by atoms with van der Waals surface area (Å²) in [5.74, 6) is -1.32. The lowest BCUT2D eigenvalue weighted by molar-refractivity contribution is -0.132. The van der Waals surface area contributed by atoms with Gasteiger partial charge in [0.05, 0.1) is 0 Å². The lowest BCUT2D eigenvalue weighted by Gasteiger charge is -2.22. The number of hydrogen-bond donors (Lipinski definition) is 1. The molecule has 0 aromatic heterocycles. The Balaban J connectivity index is 2.78. The molecule has 86 valence electrons. The van der Waals surface area contributed by atoms with E-state index in [2.05, 4.69) is 6.58 Å². The first-order valence-electron chi connectivity index (χ1n) is 4.96. The number of halogens is 1. The minimum absolute atomic E-state index is 0.117. The van der Waals surface area contributed by atoms with Crippen molar-refractivity contribution in [3.63, 3.8) is 0 Å². The second kappa shape index (κ2) is 5.30. The van der Waals surface area contributed by atoms with E-state index in [1.807, 2.05) is 11.8 Å². The van der Waals surface area contributed by atoms with Crippen molar-refractivity contribution < 1.29 is 14.3 Å². The molecule has 16 heavy (non-hydrogen) atoms. The molecule has 0 aliphatic carbocycles. The molecule has 0 saturated carbocycles. The van der Waals surface area contributed by atoms with Crippen LogP contribution in [0.4, 0.5) is 10.1 Å². The molecule has 0 amide bonds. The normalized spacial score (nSPS) is 9.88. The fourth-order valence-electron chi connectivity index (χ4n) is 1.34. The molecule has 0 bridgehead atoms. The number of likely N-dealkylation sites (N-methyl/N-ethyl adjacent to an activating group) is 1. The Hall–Kier alpha value is -1.84. The molecule has 0 fully saturated rings.